The number of furan rings is 1. The summed E-state index contributed by atoms with van der Waals surface area (Å²) in [6.07, 6.45) is 2.12. The molecule has 6 rings (SSSR count). The average Bonchev–Trinajstić information content (AvgIpc) is 3.68. The lowest BCUT2D eigenvalue weighted by atomic mass is 9.98. The quantitative estimate of drug-likeness (QED) is 0.201. The number of primary amides is 1. The number of carbonyl (C=O) groups excluding carboxylic acids is 2. The summed E-state index contributed by atoms with van der Waals surface area (Å²) in [4.78, 5) is 25.9. The van der Waals surface area contributed by atoms with Crippen molar-refractivity contribution in [2.45, 2.75) is 24.8 Å². The van der Waals surface area contributed by atoms with Gasteiger partial charge < -0.3 is 25.3 Å². The number of aliphatic hydroxyl groups excluding tert-OH is 1. The van der Waals surface area contributed by atoms with E-state index < -0.39 is 11.7 Å². The second-order valence-electron chi connectivity index (χ2n) is 10.5. The lowest BCUT2D eigenvalue weighted by Crippen LogP contribution is -2.34. The highest BCUT2D eigenvalue weighted by atomic mass is 19.1. The second kappa shape index (κ2) is 11.1. The van der Waals surface area contributed by atoms with Crippen molar-refractivity contribution in [2.75, 3.05) is 13.2 Å². The van der Waals surface area contributed by atoms with Crippen LogP contribution in [0.1, 0.15) is 50.2 Å². The van der Waals surface area contributed by atoms with Crippen LogP contribution < -0.4 is 15.8 Å². The molecular formula is C34H29FN2O5. The molecule has 1 aliphatic carbocycles. The number of aliphatic hydroxyl groups is 1. The van der Waals surface area contributed by atoms with E-state index in [2.05, 4.69) is 5.32 Å². The Morgan fingerprint density at radius 2 is 1.74 bits per heavy atom. The molecule has 212 valence electrons. The number of hydrogen-bond donors (Lipinski definition) is 3. The van der Waals surface area contributed by atoms with E-state index in [0.717, 1.165) is 29.5 Å². The third kappa shape index (κ3) is 5.36. The summed E-state index contributed by atoms with van der Waals surface area (Å²) in [6, 6.07) is 26.3. The number of nitrogens with two attached hydrogens (primary N) is 1. The summed E-state index contributed by atoms with van der Waals surface area (Å²) >= 11 is 0. The van der Waals surface area contributed by atoms with Crippen molar-refractivity contribution >= 4 is 22.8 Å². The van der Waals surface area contributed by atoms with Crippen LogP contribution in [-0.4, -0.2) is 30.1 Å². The molecule has 0 bridgehead atoms. The molecule has 7 nitrogen and oxygen atoms in total. The Morgan fingerprint density at radius 1 is 0.976 bits per heavy atom. The smallest absolute Gasteiger partial charge is 0.253 e. The molecule has 1 aliphatic rings. The van der Waals surface area contributed by atoms with Crippen molar-refractivity contribution < 1.29 is 28.2 Å². The number of amides is 2. The van der Waals surface area contributed by atoms with Crippen LogP contribution in [0, 0.1) is 5.82 Å². The van der Waals surface area contributed by atoms with Crippen molar-refractivity contribution in [3.8, 4) is 17.1 Å². The van der Waals surface area contributed by atoms with Crippen molar-refractivity contribution in [1.29, 1.82) is 0 Å². The molecule has 1 saturated carbocycles. The highest BCUT2D eigenvalue weighted by molar-refractivity contribution is 6.10. The van der Waals surface area contributed by atoms with Gasteiger partial charge in [-0.25, -0.2) is 4.39 Å². The molecule has 5 aromatic rings. The summed E-state index contributed by atoms with van der Waals surface area (Å²) in [6.45, 7) is -0.0559. The molecule has 8 heteroatoms. The van der Waals surface area contributed by atoms with Crippen LogP contribution in [0.15, 0.2) is 95.4 Å². The zero-order chi connectivity index (χ0) is 29.3. The highest BCUT2D eigenvalue weighted by Gasteiger charge is 2.45. The maximum absolute atomic E-state index is 13.5. The first-order valence-corrected chi connectivity index (χ1v) is 13.7. The van der Waals surface area contributed by atoms with Crippen LogP contribution in [0.2, 0.25) is 0 Å². The Balaban J connectivity index is 1.33. The molecule has 1 heterocycles. The van der Waals surface area contributed by atoms with Gasteiger partial charge in [-0.1, -0.05) is 36.4 Å². The molecule has 0 spiro atoms. The maximum atomic E-state index is 13.5. The van der Waals surface area contributed by atoms with Gasteiger partial charge in [0.1, 0.15) is 29.5 Å². The third-order valence-corrected chi connectivity index (χ3v) is 7.60. The first-order chi connectivity index (χ1) is 20.4. The summed E-state index contributed by atoms with van der Waals surface area (Å²) in [5, 5.41) is 13.1. The van der Waals surface area contributed by atoms with Crippen molar-refractivity contribution in [3.05, 3.63) is 125 Å². The number of carbonyl (C=O) groups is 2. The number of benzene rings is 4. The van der Waals surface area contributed by atoms with E-state index in [9.17, 15) is 19.1 Å². The molecular weight excluding hydrogens is 535 g/mol. The number of ether oxygens (including phenoxy) is 1. The third-order valence-electron chi connectivity index (χ3n) is 7.60. The van der Waals surface area contributed by atoms with Gasteiger partial charge in [0.2, 0.25) is 0 Å². The van der Waals surface area contributed by atoms with E-state index in [-0.39, 0.29) is 36.0 Å². The van der Waals surface area contributed by atoms with Crippen LogP contribution in [-0.2, 0) is 12.0 Å². The van der Waals surface area contributed by atoms with Crippen molar-refractivity contribution in [3.63, 3.8) is 0 Å². The average molecular weight is 565 g/mol. The zero-order valence-corrected chi connectivity index (χ0v) is 22.7. The molecule has 4 N–H and O–H groups in total. The highest BCUT2D eigenvalue weighted by Crippen LogP contribution is 2.45. The van der Waals surface area contributed by atoms with E-state index in [1.54, 1.807) is 24.3 Å². The van der Waals surface area contributed by atoms with E-state index >= 15 is 0 Å². The molecule has 1 aromatic heterocycles. The molecule has 0 unspecified atom stereocenters. The number of hydrogen-bond acceptors (Lipinski definition) is 5. The van der Waals surface area contributed by atoms with Gasteiger partial charge in [0.25, 0.3) is 11.8 Å². The van der Waals surface area contributed by atoms with Gasteiger partial charge in [-0.2, -0.15) is 0 Å². The Labute approximate surface area is 241 Å². The van der Waals surface area contributed by atoms with E-state index in [1.165, 1.54) is 24.3 Å². The van der Waals surface area contributed by atoms with Crippen LogP contribution in [0.3, 0.4) is 0 Å². The topological polar surface area (TPSA) is 115 Å². The van der Waals surface area contributed by atoms with Crippen molar-refractivity contribution in [1.82, 2.24) is 5.32 Å². The lowest BCUT2D eigenvalue weighted by molar-refractivity contribution is 0.0929. The SMILES string of the molecule is NC(=O)c1c(-c2ccc(F)cc2)oc2ccc(Cc3cc(C(=O)NC4(c5ccccc5)CC4)ccc3OCCO)cc12. The van der Waals surface area contributed by atoms with Crippen LogP contribution in [0.25, 0.3) is 22.3 Å². The zero-order valence-electron chi connectivity index (χ0n) is 22.7. The molecule has 4 aromatic carbocycles. The standard InChI is InChI=1S/C34H29FN2O5/c35-26-10-7-22(8-11-26)31-30(32(36)39)27-19-21(6-12-29(27)42-31)18-24-20-23(9-13-28(24)41-17-16-38)33(40)37-34(14-15-34)25-4-2-1-3-5-25/h1-13,19-20,38H,14-18H2,(H2,36,39)(H,37,40). The van der Waals surface area contributed by atoms with Gasteiger partial charge in [0.15, 0.2) is 0 Å². The normalized spacial score (nSPS) is 13.6. The monoisotopic (exact) mass is 564 g/mol. The van der Waals surface area contributed by atoms with Crippen molar-refractivity contribution in [2.24, 2.45) is 5.73 Å². The molecule has 0 atom stereocenters. The largest absolute Gasteiger partial charge is 0.491 e. The summed E-state index contributed by atoms with van der Waals surface area (Å²) in [7, 11) is 0. The van der Waals surface area contributed by atoms with Gasteiger partial charge in [-0.05, 0) is 84.1 Å². The number of halogens is 1. The second-order valence-corrected chi connectivity index (χ2v) is 10.5. The predicted octanol–water partition coefficient (Wildman–Crippen LogP) is 5.72. The fraction of sp³-hybridized carbons (Fsp3) is 0.176. The molecule has 0 radical (unpaired) electrons. The summed E-state index contributed by atoms with van der Waals surface area (Å²) in [5.41, 5.74) is 9.75. The molecule has 42 heavy (non-hydrogen) atoms. The Bertz CT molecular complexity index is 1780. The van der Waals surface area contributed by atoms with Crippen LogP contribution in [0.5, 0.6) is 5.75 Å². The number of nitrogens with one attached hydrogen (secondary N) is 1. The minimum atomic E-state index is -0.664. The minimum Gasteiger partial charge on any atom is -0.491 e. The van der Waals surface area contributed by atoms with Gasteiger partial charge >= 0.3 is 0 Å². The Hall–Kier alpha value is -4.95. The predicted molar refractivity (Wildman–Crippen MR) is 157 cm³/mol. The van der Waals surface area contributed by atoms with Crippen LogP contribution in [0.4, 0.5) is 4.39 Å². The molecule has 2 amide bonds. The van der Waals surface area contributed by atoms with Gasteiger partial charge in [-0.15, -0.1) is 0 Å². The van der Waals surface area contributed by atoms with E-state index in [1.807, 2.05) is 42.5 Å². The maximum Gasteiger partial charge on any atom is 0.253 e. The van der Waals surface area contributed by atoms with Gasteiger partial charge in [-0.3, -0.25) is 9.59 Å². The lowest BCUT2D eigenvalue weighted by Gasteiger charge is -2.19. The van der Waals surface area contributed by atoms with Gasteiger partial charge in [0, 0.05) is 22.9 Å². The molecule has 0 saturated heterocycles. The van der Waals surface area contributed by atoms with E-state index in [4.69, 9.17) is 14.9 Å². The fourth-order valence-electron chi connectivity index (χ4n) is 5.34. The minimum absolute atomic E-state index is 0.100. The summed E-state index contributed by atoms with van der Waals surface area (Å²) < 4.78 is 25.3. The molecule has 0 aliphatic heterocycles. The van der Waals surface area contributed by atoms with Crippen LogP contribution >= 0.6 is 0 Å². The Kier molecular flexibility index (Phi) is 7.22. The number of rotatable bonds is 10. The summed E-state index contributed by atoms with van der Waals surface area (Å²) in [5.74, 6) is -0.438. The first kappa shape index (κ1) is 27.2. The molecule has 1 fully saturated rings. The Morgan fingerprint density at radius 3 is 2.43 bits per heavy atom. The van der Waals surface area contributed by atoms with E-state index in [0.29, 0.717) is 34.3 Å². The van der Waals surface area contributed by atoms with Gasteiger partial charge in [0.05, 0.1) is 17.7 Å². The number of fused-ring (bicyclic) bond motifs is 1. The fourth-order valence-corrected chi connectivity index (χ4v) is 5.34. The first-order valence-electron chi connectivity index (χ1n) is 13.7.